The van der Waals surface area contributed by atoms with E-state index in [0.29, 0.717) is 12.5 Å². The molecule has 0 radical (unpaired) electrons. The minimum Gasteiger partial charge on any atom is -0.370 e. The molecule has 1 aromatic rings. The van der Waals surface area contributed by atoms with Crippen LogP contribution < -0.4 is 11.1 Å². The van der Waals surface area contributed by atoms with Crippen molar-refractivity contribution in [3.63, 3.8) is 0 Å². The summed E-state index contributed by atoms with van der Waals surface area (Å²) in [6, 6.07) is 4.03. The Hall–Kier alpha value is -1.58. The SMILES string of the molecule is Cc1cccnc1C(C)(C)CN=C(N)NC(C)(C)C. The zero-order valence-electron chi connectivity index (χ0n) is 12.9. The highest BCUT2D eigenvalue weighted by molar-refractivity contribution is 5.78. The number of hydrogen-bond acceptors (Lipinski definition) is 2. The second-order valence-corrected chi connectivity index (χ2v) is 6.63. The zero-order chi connectivity index (χ0) is 14.7. The summed E-state index contributed by atoms with van der Waals surface area (Å²) >= 11 is 0. The quantitative estimate of drug-likeness (QED) is 0.649. The summed E-state index contributed by atoms with van der Waals surface area (Å²) in [7, 11) is 0. The molecule has 0 bridgehead atoms. The van der Waals surface area contributed by atoms with Gasteiger partial charge in [0.05, 0.1) is 12.2 Å². The minimum absolute atomic E-state index is 0.0708. The average molecular weight is 262 g/mol. The summed E-state index contributed by atoms with van der Waals surface area (Å²) in [4.78, 5) is 8.91. The monoisotopic (exact) mass is 262 g/mol. The Labute approximate surface area is 116 Å². The van der Waals surface area contributed by atoms with E-state index in [1.807, 2.05) is 12.3 Å². The summed E-state index contributed by atoms with van der Waals surface area (Å²) in [5.74, 6) is 0.481. The smallest absolute Gasteiger partial charge is 0.189 e. The molecule has 0 unspecified atom stereocenters. The van der Waals surface area contributed by atoms with Gasteiger partial charge < -0.3 is 11.1 Å². The van der Waals surface area contributed by atoms with Crippen LogP contribution in [-0.2, 0) is 5.41 Å². The van der Waals surface area contributed by atoms with Gasteiger partial charge in [-0.05, 0) is 39.3 Å². The molecule has 0 saturated heterocycles. The molecule has 0 aliphatic rings. The van der Waals surface area contributed by atoms with E-state index >= 15 is 0 Å². The van der Waals surface area contributed by atoms with Crippen molar-refractivity contribution in [3.05, 3.63) is 29.6 Å². The van der Waals surface area contributed by atoms with Gasteiger partial charge in [-0.1, -0.05) is 19.9 Å². The number of nitrogens with two attached hydrogens (primary N) is 1. The van der Waals surface area contributed by atoms with Gasteiger partial charge in [-0.3, -0.25) is 9.98 Å². The van der Waals surface area contributed by atoms with Crippen molar-refractivity contribution < 1.29 is 0 Å². The Morgan fingerprint density at radius 3 is 2.47 bits per heavy atom. The van der Waals surface area contributed by atoms with Gasteiger partial charge in [0, 0.05) is 17.2 Å². The van der Waals surface area contributed by atoms with Crippen LogP contribution in [-0.4, -0.2) is 23.0 Å². The van der Waals surface area contributed by atoms with E-state index < -0.39 is 0 Å². The Balaban J connectivity index is 2.81. The average Bonchev–Trinajstić information content (AvgIpc) is 2.24. The van der Waals surface area contributed by atoms with E-state index in [9.17, 15) is 0 Å². The summed E-state index contributed by atoms with van der Waals surface area (Å²) in [6.07, 6.45) is 1.82. The van der Waals surface area contributed by atoms with Gasteiger partial charge in [-0.25, -0.2) is 0 Å². The van der Waals surface area contributed by atoms with Gasteiger partial charge >= 0.3 is 0 Å². The standard InChI is InChI=1S/C15H26N4/c1-11-8-7-9-17-12(11)15(5,6)10-18-13(16)19-14(2,3)4/h7-9H,10H2,1-6H3,(H3,16,18,19). The number of guanidine groups is 1. The van der Waals surface area contributed by atoms with Gasteiger partial charge in [-0.15, -0.1) is 0 Å². The normalized spacial score (nSPS) is 13.5. The van der Waals surface area contributed by atoms with Crippen molar-refractivity contribution in [2.45, 2.75) is 52.5 Å². The number of pyridine rings is 1. The lowest BCUT2D eigenvalue weighted by Crippen LogP contribution is -2.45. The Morgan fingerprint density at radius 2 is 1.95 bits per heavy atom. The molecule has 19 heavy (non-hydrogen) atoms. The third-order valence-electron chi connectivity index (χ3n) is 2.80. The molecule has 1 aromatic heterocycles. The molecule has 0 aliphatic heterocycles. The maximum Gasteiger partial charge on any atom is 0.189 e. The van der Waals surface area contributed by atoms with Gasteiger partial charge in [0.15, 0.2) is 5.96 Å². The molecule has 0 atom stereocenters. The van der Waals surface area contributed by atoms with E-state index in [2.05, 4.69) is 62.9 Å². The lowest BCUT2D eigenvalue weighted by atomic mass is 9.86. The highest BCUT2D eigenvalue weighted by Gasteiger charge is 2.24. The van der Waals surface area contributed by atoms with E-state index in [-0.39, 0.29) is 11.0 Å². The predicted molar refractivity (Wildman–Crippen MR) is 81.4 cm³/mol. The number of aliphatic imine (C=N–C) groups is 1. The van der Waals surface area contributed by atoms with Crippen LogP contribution in [0.5, 0.6) is 0 Å². The van der Waals surface area contributed by atoms with Crippen LogP contribution >= 0.6 is 0 Å². The predicted octanol–water partition coefficient (Wildman–Crippen LogP) is 2.37. The molecular weight excluding hydrogens is 236 g/mol. The Bertz CT molecular complexity index is 455. The molecule has 3 N–H and O–H groups in total. The fourth-order valence-electron chi connectivity index (χ4n) is 1.98. The van der Waals surface area contributed by atoms with Crippen LogP contribution in [0.25, 0.3) is 0 Å². The number of nitrogens with zero attached hydrogens (tertiary/aromatic N) is 2. The van der Waals surface area contributed by atoms with Crippen molar-refractivity contribution in [2.24, 2.45) is 10.7 Å². The fraction of sp³-hybridized carbons (Fsp3) is 0.600. The topological polar surface area (TPSA) is 63.3 Å². The Morgan fingerprint density at radius 1 is 1.32 bits per heavy atom. The first-order valence-corrected chi connectivity index (χ1v) is 6.62. The maximum atomic E-state index is 5.90. The first kappa shape index (κ1) is 15.5. The van der Waals surface area contributed by atoms with Crippen LogP contribution in [0.4, 0.5) is 0 Å². The molecule has 0 saturated carbocycles. The van der Waals surface area contributed by atoms with E-state index in [4.69, 9.17) is 5.73 Å². The van der Waals surface area contributed by atoms with Crippen molar-refractivity contribution in [1.82, 2.24) is 10.3 Å². The largest absolute Gasteiger partial charge is 0.370 e. The van der Waals surface area contributed by atoms with Crippen molar-refractivity contribution in [2.75, 3.05) is 6.54 Å². The number of rotatable bonds is 3. The van der Waals surface area contributed by atoms with E-state index in [1.54, 1.807) is 0 Å². The summed E-state index contributed by atoms with van der Waals surface area (Å²) in [5.41, 5.74) is 7.96. The molecule has 0 aromatic carbocycles. The van der Waals surface area contributed by atoms with Gasteiger partial charge in [-0.2, -0.15) is 0 Å². The molecule has 4 nitrogen and oxygen atoms in total. The maximum absolute atomic E-state index is 5.90. The minimum atomic E-state index is -0.129. The number of nitrogens with one attached hydrogen (secondary N) is 1. The first-order valence-electron chi connectivity index (χ1n) is 6.62. The molecule has 0 amide bonds. The number of aryl methyl sites for hydroxylation is 1. The van der Waals surface area contributed by atoms with Gasteiger partial charge in [0.2, 0.25) is 0 Å². The Kier molecular flexibility index (Phi) is 4.56. The zero-order valence-corrected chi connectivity index (χ0v) is 12.9. The van der Waals surface area contributed by atoms with E-state index in [0.717, 1.165) is 5.69 Å². The number of aromatic nitrogens is 1. The third kappa shape index (κ3) is 4.89. The van der Waals surface area contributed by atoms with Crippen molar-refractivity contribution in [3.8, 4) is 0 Å². The second-order valence-electron chi connectivity index (χ2n) is 6.63. The summed E-state index contributed by atoms with van der Waals surface area (Å²) < 4.78 is 0. The molecule has 0 aliphatic carbocycles. The highest BCUT2D eigenvalue weighted by atomic mass is 15.1. The number of hydrogen-bond donors (Lipinski definition) is 2. The van der Waals surface area contributed by atoms with Crippen LogP contribution in [0, 0.1) is 6.92 Å². The van der Waals surface area contributed by atoms with Crippen LogP contribution in [0.2, 0.25) is 0 Å². The molecular formula is C15H26N4. The van der Waals surface area contributed by atoms with Crippen LogP contribution in [0.15, 0.2) is 23.3 Å². The summed E-state index contributed by atoms with van der Waals surface area (Å²) in [6.45, 7) is 13.1. The lowest BCUT2D eigenvalue weighted by molar-refractivity contribution is 0.495. The van der Waals surface area contributed by atoms with Crippen molar-refractivity contribution in [1.29, 1.82) is 0 Å². The van der Waals surface area contributed by atoms with Crippen LogP contribution in [0.1, 0.15) is 45.9 Å². The summed E-state index contributed by atoms with van der Waals surface area (Å²) in [5, 5.41) is 3.17. The molecule has 4 heteroatoms. The first-order chi connectivity index (χ1) is 8.62. The lowest BCUT2D eigenvalue weighted by Gasteiger charge is -2.25. The second kappa shape index (κ2) is 5.59. The molecule has 0 fully saturated rings. The van der Waals surface area contributed by atoms with E-state index in [1.165, 1.54) is 5.56 Å². The molecule has 1 heterocycles. The highest BCUT2D eigenvalue weighted by Crippen LogP contribution is 2.24. The molecule has 0 spiro atoms. The molecule has 1 rings (SSSR count). The molecule has 106 valence electrons. The van der Waals surface area contributed by atoms with Gasteiger partial charge in [0.1, 0.15) is 0 Å². The van der Waals surface area contributed by atoms with Crippen LogP contribution in [0.3, 0.4) is 0 Å². The fourth-order valence-corrected chi connectivity index (χ4v) is 1.98. The van der Waals surface area contributed by atoms with Gasteiger partial charge in [0.25, 0.3) is 0 Å². The van der Waals surface area contributed by atoms with Crippen molar-refractivity contribution >= 4 is 5.96 Å². The third-order valence-corrected chi connectivity index (χ3v) is 2.80.